The van der Waals surface area contributed by atoms with Gasteiger partial charge in [0.1, 0.15) is 0 Å². The average molecular weight is 263 g/mol. The number of nitrogens with zero attached hydrogens (tertiary/aromatic N) is 2. The molecule has 0 spiro atoms. The van der Waals surface area contributed by atoms with Gasteiger partial charge in [-0.25, -0.2) is 0 Å². The van der Waals surface area contributed by atoms with Crippen molar-refractivity contribution in [3.8, 4) is 5.75 Å². The maximum atomic E-state index is 9.98. The van der Waals surface area contributed by atoms with Gasteiger partial charge in [0.15, 0.2) is 0 Å². The minimum absolute atomic E-state index is 0.0928. The van der Waals surface area contributed by atoms with Crippen molar-refractivity contribution in [3.05, 3.63) is 12.2 Å². The van der Waals surface area contributed by atoms with Gasteiger partial charge in [0.05, 0.1) is 0 Å². The molecule has 0 rings (SSSR count). The van der Waals surface area contributed by atoms with Gasteiger partial charge in [-0.2, -0.15) is 0 Å². The predicted molar refractivity (Wildman–Crippen MR) is 75.7 cm³/mol. The van der Waals surface area contributed by atoms with Crippen LogP contribution in [-0.4, -0.2) is 62.9 Å². The fourth-order valence-corrected chi connectivity index (χ4v) is 0.732. The topological polar surface area (TPSA) is 40.5 Å². The van der Waals surface area contributed by atoms with Crippen LogP contribution in [0.3, 0.4) is 0 Å². The second-order valence-electron chi connectivity index (χ2n) is 4.33. The summed E-state index contributed by atoms with van der Waals surface area (Å²) >= 11 is 0. The van der Waals surface area contributed by atoms with Crippen molar-refractivity contribution in [1.29, 1.82) is 0 Å². The molecular weight excluding hydrogens is 235 g/mol. The van der Waals surface area contributed by atoms with E-state index in [2.05, 4.69) is 5.75 Å². The first kappa shape index (κ1) is 21.9. The van der Waals surface area contributed by atoms with Gasteiger partial charge in [-0.15, -0.1) is 0 Å². The van der Waals surface area contributed by atoms with E-state index in [4.69, 9.17) is 5.11 Å². The van der Waals surface area contributed by atoms with E-state index in [1.165, 1.54) is 0 Å². The SMILES string of the molecule is CC=CC.CN(C)C.C[N+](C)(C#P=O)CCO. The summed E-state index contributed by atoms with van der Waals surface area (Å²) in [6.07, 6.45) is 4.00. The molecule has 0 saturated carbocycles. The van der Waals surface area contributed by atoms with Gasteiger partial charge in [0.2, 0.25) is 0 Å². The molecule has 4 nitrogen and oxygen atoms in total. The van der Waals surface area contributed by atoms with Crippen LogP contribution in [-0.2, 0) is 4.57 Å². The third-order valence-corrected chi connectivity index (χ3v) is 1.93. The fraction of sp³-hybridized carbons (Fsp3) is 0.750. The second kappa shape index (κ2) is 15.6. The number of quaternary nitrogens is 1. The Morgan fingerprint density at radius 3 is 1.76 bits per heavy atom. The van der Waals surface area contributed by atoms with Crippen LogP contribution >= 0.6 is 7.92 Å². The van der Waals surface area contributed by atoms with Crippen molar-refractivity contribution in [2.24, 2.45) is 0 Å². The quantitative estimate of drug-likeness (QED) is 0.471. The Kier molecular flexibility index (Phi) is 20.1. The molecule has 0 aromatic carbocycles. The molecule has 0 saturated heterocycles. The van der Waals surface area contributed by atoms with Crippen LogP contribution in [0.25, 0.3) is 0 Å². The van der Waals surface area contributed by atoms with Crippen LogP contribution in [0.4, 0.5) is 0 Å². The molecule has 0 atom stereocenters. The Hall–Kier alpha value is -0.370. The van der Waals surface area contributed by atoms with E-state index in [0.29, 0.717) is 11.0 Å². The Balaban J connectivity index is -0.000000205. The van der Waals surface area contributed by atoms with E-state index in [1.807, 2.05) is 66.1 Å². The molecule has 0 aromatic rings. The number of likely N-dealkylation sites (N-methyl/N-ethyl adjacent to an activating group) is 1. The summed E-state index contributed by atoms with van der Waals surface area (Å²) in [7, 11) is 9.54. The van der Waals surface area contributed by atoms with Gasteiger partial charge in [-0.3, -0.25) is 0 Å². The van der Waals surface area contributed by atoms with Crippen molar-refractivity contribution in [2.45, 2.75) is 13.8 Å². The number of hydrogen-bond acceptors (Lipinski definition) is 3. The summed E-state index contributed by atoms with van der Waals surface area (Å²) in [5.74, 6) is 2.62. The van der Waals surface area contributed by atoms with Crippen LogP contribution in [0.5, 0.6) is 0 Å². The molecule has 0 aromatic heterocycles. The first-order valence-electron chi connectivity index (χ1n) is 5.49. The summed E-state index contributed by atoms with van der Waals surface area (Å²) in [4.78, 5) is 2.00. The summed E-state index contributed by atoms with van der Waals surface area (Å²) in [6.45, 7) is 4.64. The Bertz CT molecular complexity index is 262. The zero-order valence-corrected chi connectivity index (χ0v) is 13.2. The molecule has 0 radical (unpaired) electrons. The molecular formula is C12H28N2O2P+. The molecule has 0 aliphatic carbocycles. The van der Waals surface area contributed by atoms with Gasteiger partial charge in [-0.05, 0) is 35.0 Å². The summed E-state index contributed by atoms with van der Waals surface area (Å²) in [5, 5.41) is 8.47. The van der Waals surface area contributed by atoms with Gasteiger partial charge in [0, 0.05) is 0 Å². The van der Waals surface area contributed by atoms with Crippen LogP contribution in [0.15, 0.2) is 12.2 Å². The van der Waals surface area contributed by atoms with E-state index in [0.717, 1.165) is 0 Å². The summed E-state index contributed by atoms with van der Waals surface area (Å²) in [5.41, 5.74) is 0. The molecule has 0 fully saturated rings. The average Bonchev–Trinajstić information content (AvgIpc) is 2.17. The van der Waals surface area contributed by atoms with Gasteiger partial charge in [-0.1, -0.05) is 12.2 Å². The number of rotatable bonds is 2. The first-order chi connectivity index (χ1) is 7.77. The zero-order chi connectivity index (χ0) is 14.3. The summed E-state index contributed by atoms with van der Waals surface area (Å²) in [6, 6.07) is 0. The van der Waals surface area contributed by atoms with Crippen LogP contribution < -0.4 is 0 Å². The normalized spacial score (nSPS) is 9.94. The second-order valence-corrected chi connectivity index (χ2v) is 4.71. The maximum absolute atomic E-state index is 9.98. The molecule has 0 unspecified atom stereocenters. The molecule has 17 heavy (non-hydrogen) atoms. The molecule has 102 valence electrons. The monoisotopic (exact) mass is 263 g/mol. The molecule has 5 heteroatoms. The van der Waals surface area contributed by atoms with Crippen LogP contribution in [0.1, 0.15) is 13.8 Å². The van der Waals surface area contributed by atoms with Gasteiger partial charge in [0.25, 0.3) is 0 Å². The Morgan fingerprint density at radius 1 is 1.24 bits per heavy atom. The molecule has 0 amide bonds. The Morgan fingerprint density at radius 2 is 1.59 bits per heavy atom. The van der Waals surface area contributed by atoms with E-state index < -0.39 is 0 Å². The minimum atomic E-state index is -0.105. The zero-order valence-electron chi connectivity index (χ0n) is 12.3. The third-order valence-electron chi connectivity index (χ3n) is 1.30. The van der Waals surface area contributed by atoms with E-state index in [1.54, 1.807) is 0 Å². The van der Waals surface area contributed by atoms with Gasteiger partial charge < -0.3 is 4.90 Å². The molecule has 0 bridgehead atoms. The molecule has 0 heterocycles. The molecule has 0 aliphatic rings. The van der Waals surface area contributed by atoms with Crippen molar-refractivity contribution in [3.63, 3.8) is 0 Å². The van der Waals surface area contributed by atoms with Crippen molar-refractivity contribution < 1.29 is 14.2 Å². The number of aliphatic hydroxyl groups is 1. The standard InChI is InChI=1S/C5H11NO2P.C4H8.C3H9N/c1-6(2,3-4-7)5-9-8;1-3-4-2;1-4(2)3/h7H,3-4H2,1-2H3;3-4H,1-2H3;1-3H3/q+1;;. The fourth-order valence-electron chi connectivity index (χ4n) is 0.411. The predicted octanol–water partition coefficient (Wildman–Crippen LogP) is 2.02. The number of allylic oxidation sites excluding steroid dienone is 2. The van der Waals surface area contributed by atoms with E-state index in [-0.39, 0.29) is 14.5 Å². The van der Waals surface area contributed by atoms with Crippen molar-refractivity contribution in [2.75, 3.05) is 48.4 Å². The summed E-state index contributed by atoms with van der Waals surface area (Å²) < 4.78 is 10.3. The first-order valence-corrected chi connectivity index (χ1v) is 6.30. The Labute approximate surface area is 108 Å². The molecule has 1 N–H and O–H groups in total. The van der Waals surface area contributed by atoms with Crippen molar-refractivity contribution >= 4 is 7.92 Å². The number of hydrogen-bond donors (Lipinski definition) is 1. The van der Waals surface area contributed by atoms with Crippen molar-refractivity contribution in [1.82, 2.24) is 4.90 Å². The van der Waals surface area contributed by atoms with Gasteiger partial charge >= 0.3 is 55.1 Å². The van der Waals surface area contributed by atoms with Crippen LogP contribution in [0.2, 0.25) is 0 Å². The number of aliphatic hydroxyl groups excluding tert-OH is 1. The third kappa shape index (κ3) is 39.0. The van der Waals surface area contributed by atoms with E-state index >= 15 is 0 Å². The van der Waals surface area contributed by atoms with E-state index in [9.17, 15) is 4.57 Å². The molecule has 0 aliphatic heterocycles. The van der Waals surface area contributed by atoms with Crippen LogP contribution in [0, 0.1) is 5.75 Å².